The van der Waals surface area contributed by atoms with E-state index in [-0.39, 0.29) is 11.3 Å². The second-order valence-corrected chi connectivity index (χ2v) is 3.82. The van der Waals surface area contributed by atoms with Gasteiger partial charge in [-0.2, -0.15) is 4.84 Å². The van der Waals surface area contributed by atoms with E-state index in [0.29, 0.717) is 0 Å². The molecule has 0 saturated heterocycles. The maximum Gasteiger partial charge on any atom is 0.136 e. The molecule has 1 saturated carbocycles. The van der Waals surface area contributed by atoms with Gasteiger partial charge in [0.1, 0.15) is 6.10 Å². The zero-order valence-corrected chi connectivity index (χ0v) is 7.38. The molecule has 2 aliphatic carbocycles. The Morgan fingerprint density at radius 2 is 2.50 bits per heavy atom. The molecule has 0 aromatic carbocycles. The topological polar surface area (TPSA) is 36.7 Å². The summed E-state index contributed by atoms with van der Waals surface area (Å²) in [7, 11) is 1.48. The van der Waals surface area contributed by atoms with Crippen LogP contribution in [0.15, 0.2) is 11.6 Å². The average Bonchev–Trinajstić information content (AvgIpc) is 2.29. The van der Waals surface area contributed by atoms with Gasteiger partial charge in [-0.25, -0.2) is 5.23 Å². The van der Waals surface area contributed by atoms with Crippen LogP contribution in [0, 0.1) is 11.1 Å². The van der Waals surface area contributed by atoms with Crippen LogP contribution in [-0.4, -0.2) is 13.2 Å². The molecule has 1 N–H and O–H groups in total. The molecular weight excluding hydrogens is 154 g/mol. The smallest absolute Gasteiger partial charge is 0.136 e. The minimum Gasteiger partial charge on any atom is -0.600 e. The molecule has 0 amide bonds. The highest BCUT2D eigenvalue weighted by Gasteiger charge is 2.29. The van der Waals surface area contributed by atoms with Gasteiger partial charge < -0.3 is 5.21 Å². The first-order valence-electron chi connectivity index (χ1n) is 4.61. The Bertz CT molecular complexity index is 201. The first-order chi connectivity index (χ1) is 5.74. The molecule has 0 radical (unpaired) electrons. The van der Waals surface area contributed by atoms with Crippen molar-refractivity contribution in [3.05, 3.63) is 16.9 Å². The van der Waals surface area contributed by atoms with Crippen LogP contribution in [-0.2, 0) is 4.84 Å². The third-order valence-corrected chi connectivity index (χ3v) is 2.73. The summed E-state index contributed by atoms with van der Waals surface area (Å²) in [5.41, 5.74) is 1.50. The zero-order valence-electron chi connectivity index (χ0n) is 7.38. The molecule has 0 aliphatic heterocycles. The third kappa shape index (κ3) is 1.68. The van der Waals surface area contributed by atoms with E-state index >= 15 is 0 Å². The molecule has 68 valence electrons. The van der Waals surface area contributed by atoms with Crippen molar-refractivity contribution >= 4 is 0 Å². The number of rotatable bonds is 2. The molecule has 3 atom stereocenters. The summed E-state index contributed by atoms with van der Waals surface area (Å²) in [4.78, 5) is 5.16. The van der Waals surface area contributed by atoms with Crippen LogP contribution in [0.1, 0.15) is 25.7 Å². The lowest BCUT2D eigenvalue weighted by atomic mass is 9.94. The number of hydrogen-bond donors (Lipinski definition) is 1. The van der Waals surface area contributed by atoms with Crippen LogP contribution < -0.4 is 5.23 Å². The minimum absolute atomic E-state index is 0.0822. The van der Waals surface area contributed by atoms with E-state index in [9.17, 15) is 5.21 Å². The summed E-state index contributed by atoms with van der Waals surface area (Å²) in [5.74, 6) is 0.786. The molecular formula is C9H15NO2. The van der Waals surface area contributed by atoms with Crippen molar-refractivity contribution in [3.8, 4) is 0 Å². The predicted octanol–water partition coefficient (Wildman–Crippen LogP) is 0.429. The molecule has 3 nitrogen and oxygen atoms in total. The van der Waals surface area contributed by atoms with E-state index in [1.807, 2.05) is 0 Å². The first kappa shape index (κ1) is 8.23. The van der Waals surface area contributed by atoms with Crippen LogP contribution in [0.25, 0.3) is 0 Å². The lowest BCUT2D eigenvalue weighted by Gasteiger charge is -2.24. The van der Waals surface area contributed by atoms with E-state index in [1.54, 1.807) is 0 Å². The van der Waals surface area contributed by atoms with E-state index in [4.69, 9.17) is 4.84 Å². The summed E-state index contributed by atoms with van der Waals surface area (Å²) in [5, 5.41) is 10.5. The molecule has 0 heterocycles. The third-order valence-electron chi connectivity index (χ3n) is 2.73. The lowest BCUT2D eigenvalue weighted by Crippen LogP contribution is -3.03. The second-order valence-electron chi connectivity index (χ2n) is 3.82. The first-order valence-corrected chi connectivity index (χ1v) is 4.61. The van der Waals surface area contributed by atoms with Gasteiger partial charge in [0, 0.05) is 0 Å². The minimum atomic E-state index is -0.154. The maximum absolute atomic E-state index is 10.7. The number of fused-ring (bicyclic) bond motifs is 2. The van der Waals surface area contributed by atoms with Crippen molar-refractivity contribution in [1.29, 1.82) is 0 Å². The van der Waals surface area contributed by atoms with Gasteiger partial charge in [-0.3, -0.25) is 0 Å². The monoisotopic (exact) mass is 169 g/mol. The fraction of sp³-hybridized carbons (Fsp3) is 0.778. The number of quaternary nitrogens is 1. The van der Waals surface area contributed by atoms with Gasteiger partial charge in [0.15, 0.2) is 0 Å². The molecule has 1 fully saturated rings. The fourth-order valence-electron chi connectivity index (χ4n) is 2.27. The molecule has 0 aromatic heterocycles. The maximum atomic E-state index is 10.7. The SMILES string of the molecule is C[NH+]([O-])OC1C=C2CCC(C2)C1. The van der Waals surface area contributed by atoms with E-state index in [0.717, 1.165) is 12.3 Å². The highest BCUT2D eigenvalue weighted by Crippen LogP contribution is 2.38. The summed E-state index contributed by atoms with van der Waals surface area (Å²) in [6.45, 7) is 0. The van der Waals surface area contributed by atoms with Crippen LogP contribution in [0.3, 0.4) is 0 Å². The number of nitrogens with one attached hydrogen (secondary N) is 1. The number of hydrogen-bond acceptors (Lipinski definition) is 2. The van der Waals surface area contributed by atoms with Crippen molar-refractivity contribution in [2.45, 2.75) is 31.8 Å². The van der Waals surface area contributed by atoms with Gasteiger partial charge in [0.2, 0.25) is 0 Å². The average molecular weight is 169 g/mol. The van der Waals surface area contributed by atoms with Gasteiger partial charge in [0.25, 0.3) is 0 Å². The molecule has 3 unspecified atom stereocenters. The molecule has 0 spiro atoms. The summed E-state index contributed by atoms with van der Waals surface area (Å²) in [6, 6.07) is 0. The Labute approximate surface area is 72.5 Å². The normalized spacial score (nSPS) is 36.3. The Morgan fingerprint density at radius 3 is 3.17 bits per heavy atom. The standard InChI is InChI=1S/C9H15NO2/c1-10(11)12-9-5-7-2-3-8(4-7)6-9/h5,8-10H,2-4,6H2,1H3. The van der Waals surface area contributed by atoms with Crippen molar-refractivity contribution in [2.75, 3.05) is 7.05 Å². The van der Waals surface area contributed by atoms with Gasteiger partial charge >= 0.3 is 0 Å². The summed E-state index contributed by atoms with van der Waals surface area (Å²) in [6.07, 6.45) is 7.04. The van der Waals surface area contributed by atoms with E-state index in [1.165, 1.54) is 31.9 Å². The van der Waals surface area contributed by atoms with Gasteiger partial charge in [-0.1, -0.05) is 11.6 Å². The van der Waals surface area contributed by atoms with Gasteiger partial charge in [-0.15, -0.1) is 0 Å². The Morgan fingerprint density at radius 1 is 1.67 bits per heavy atom. The molecule has 2 aliphatic rings. The lowest BCUT2D eigenvalue weighted by molar-refractivity contribution is -1.04. The van der Waals surface area contributed by atoms with Crippen molar-refractivity contribution in [3.63, 3.8) is 0 Å². The summed E-state index contributed by atoms with van der Waals surface area (Å²) >= 11 is 0. The molecule has 0 aromatic rings. The number of hydroxylamine groups is 2. The molecule has 12 heavy (non-hydrogen) atoms. The number of allylic oxidation sites excluding steroid dienone is 1. The van der Waals surface area contributed by atoms with Crippen LogP contribution in [0.4, 0.5) is 0 Å². The van der Waals surface area contributed by atoms with E-state index < -0.39 is 0 Å². The predicted molar refractivity (Wildman–Crippen MR) is 45.2 cm³/mol. The van der Waals surface area contributed by atoms with Gasteiger partial charge in [-0.05, 0) is 31.6 Å². The highest BCUT2D eigenvalue weighted by molar-refractivity contribution is 5.15. The van der Waals surface area contributed by atoms with Crippen molar-refractivity contribution < 1.29 is 10.1 Å². The highest BCUT2D eigenvalue weighted by atomic mass is 16.9. The van der Waals surface area contributed by atoms with Crippen LogP contribution in [0.2, 0.25) is 0 Å². The quantitative estimate of drug-likeness (QED) is 0.480. The van der Waals surface area contributed by atoms with Crippen molar-refractivity contribution in [1.82, 2.24) is 0 Å². The molecule has 2 rings (SSSR count). The second kappa shape index (κ2) is 3.17. The van der Waals surface area contributed by atoms with Gasteiger partial charge in [0.05, 0.1) is 7.05 Å². The summed E-state index contributed by atoms with van der Waals surface area (Å²) < 4.78 is 0. The van der Waals surface area contributed by atoms with Crippen LogP contribution >= 0.6 is 0 Å². The Kier molecular flexibility index (Phi) is 2.17. The van der Waals surface area contributed by atoms with E-state index in [2.05, 4.69) is 6.08 Å². The zero-order chi connectivity index (χ0) is 8.55. The molecule has 3 heteroatoms. The van der Waals surface area contributed by atoms with Crippen LogP contribution in [0.5, 0.6) is 0 Å². The Hall–Kier alpha value is -0.380. The molecule has 2 bridgehead atoms. The fourth-order valence-corrected chi connectivity index (χ4v) is 2.27. The largest absolute Gasteiger partial charge is 0.600 e. The van der Waals surface area contributed by atoms with Crippen molar-refractivity contribution in [2.24, 2.45) is 5.92 Å². The Balaban J connectivity index is 1.97.